The highest BCUT2D eigenvalue weighted by Gasteiger charge is 2.19. The van der Waals surface area contributed by atoms with E-state index in [9.17, 15) is 18.8 Å². The number of anilines is 1. The molecule has 2 heterocycles. The summed E-state index contributed by atoms with van der Waals surface area (Å²) in [4.78, 5) is 42.8. The van der Waals surface area contributed by atoms with Crippen LogP contribution in [-0.4, -0.2) is 21.2 Å². The van der Waals surface area contributed by atoms with E-state index in [1.807, 2.05) is 19.9 Å². The molecule has 0 aliphatic carbocycles. The van der Waals surface area contributed by atoms with Crippen LogP contribution >= 0.6 is 0 Å². The Kier molecular flexibility index (Phi) is 5.64. The number of carbonyl (C=O) groups excluding carboxylic acids is 2. The zero-order valence-corrected chi connectivity index (χ0v) is 17.6. The van der Waals surface area contributed by atoms with Crippen molar-refractivity contribution in [3.05, 3.63) is 105 Å². The van der Waals surface area contributed by atoms with Gasteiger partial charge in [0.05, 0.1) is 11.1 Å². The van der Waals surface area contributed by atoms with E-state index in [4.69, 9.17) is 0 Å². The quantitative estimate of drug-likeness (QED) is 0.486. The monoisotopic (exact) mass is 429 g/mol. The molecule has 0 saturated carbocycles. The van der Waals surface area contributed by atoms with Crippen LogP contribution in [0.5, 0.6) is 0 Å². The molecule has 0 spiro atoms. The van der Waals surface area contributed by atoms with Gasteiger partial charge in [0.25, 0.3) is 0 Å². The summed E-state index contributed by atoms with van der Waals surface area (Å²) in [7, 11) is 0. The van der Waals surface area contributed by atoms with Crippen molar-refractivity contribution in [2.24, 2.45) is 0 Å². The SMILES string of the molecule is Cc1cc2c(=O)c(C(=O)c3ccncc3)cn(CC(=O)Nc3ccc(F)cc3)c2cc1C. The first-order valence-corrected chi connectivity index (χ1v) is 9.98. The third-order valence-corrected chi connectivity index (χ3v) is 5.32. The Morgan fingerprint density at radius 1 is 1.00 bits per heavy atom. The first-order chi connectivity index (χ1) is 15.3. The number of aryl methyl sites for hydroxylation is 2. The van der Waals surface area contributed by atoms with Crippen LogP contribution in [0.15, 0.2) is 71.9 Å². The number of hydrogen-bond acceptors (Lipinski definition) is 4. The standard InChI is InChI=1S/C25H20FN3O3/c1-15-11-20-22(12-16(15)2)29(14-23(30)28-19-5-3-18(26)4-6-19)13-21(25(20)32)24(31)17-7-9-27-10-8-17/h3-13H,14H2,1-2H3,(H,28,30). The first kappa shape index (κ1) is 21.1. The fourth-order valence-corrected chi connectivity index (χ4v) is 3.49. The van der Waals surface area contributed by atoms with E-state index in [0.717, 1.165) is 11.1 Å². The lowest BCUT2D eigenvalue weighted by Crippen LogP contribution is -2.24. The van der Waals surface area contributed by atoms with Crippen LogP contribution < -0.4 is 10.7 Å². The van der Waals surface area contributed by atoms with Gasteiger partial charge in [0.1, 0.15) is 12.4 Å². The Morgan fingerprint density at radius 3 is 2.34 bits per heavy atom. The predicted octanol–water partition coefficient (Wildman–Crippen LogP) is 4.02. The van der Waals surface area contributed by atoms with Gasteiger partial charge < -0.3 is 9.88 Å². The lowest BCUT2D eigenvalue weighted by atomic mass is 10.0. The van der Waals surface area contributed by atoms with Gasteiger partial charge in [-0.3, -0.25) is 19.4 Å². The molecule has 2 aromatic heterocycles. The minimum atomic E-state index is -0.440. The minimum absolute atomic E-state index is 0.0264. The van der Waals surface area contributed by atoms with Crippen LogP contribution in [0.1, 0.15) is 27.0 Å². The van der Waals surface area contributed by atoms with E-state index < -0.39 is 11.6 Å². The second-order valence-corrected chi connectivity index (χ2v) is 7.57. The summed E-state index contributed by atoms with van der Waals surface area (Å²) in [6.07, 6.45) is 4.39. The van der Waals surface area contributed by atoms with Crippen molar-refractivity contribution in [3.63, 3.8) is 0 Å². The molecule has 6 nitrogen and oxygen atoms in total. The molecular weight excluding hydrogens is 409 g/mol. The number of amides is 1. The Balaban J connectivity index is 1.79. The van der Waals surface area contributed by atoms with Crippen molar-refractivity contribution in [3.8, 4) is 0 Å². The number of carbonyl (C=O) groups is 2. The number of ketones is 1. The average Bonchev–Trinajstić information content (AvgIpc) is 2.78. The molecule has 160 valence electrons. The summed E-state index contributed by atoms with van der Waals surface area (Å²) < 4.78 is 14.7. The molecule has 32 heavy (non-hydrogen) atoms. The van der Waals surface area contributed by atoms with Crippen molar-refractivity contribution in [1.82, 2.24) is 9.55 Å². The zero-order chi connectivity index (χ0) is 22.8. The van der Waals surface area contributed by atoms with E-state index in [1.54, 1.807) is 10.6 Å². The molecule has 0 aliphatic rings. The van der Waals surface area contributed by atoms with E-state index in [2.05, 4.69) is 10.3 Å². The van der Waals surface area contributed by atoms with Gasteiger partial charge >= 0.3 is 0 Å². The smallest absolute Gasteiger partial charge is 0.244 e. The maximum Gasteiger partial charge on any atom is 0.244 e. The van der Waals surface area contributed by atoms with Crippen molar-refractivity contribution in [1.29, 1.82) is 0 Å². The van der Waals surface area contributed by atoms with Gasteiger partial charge in [-0.1, -0.05) is 0 Å². The van der Waals surface area contributed by atoms with Crippen LogP contribution in [0, 0.1) is 19.7 Å². The Bertz CT molecular complexity index is 1390. The van der Waals surface area contributed by atoms with Crippen molar-refractivity contribution in [2.45, 2.75) is 20.4 Å². The Labute approximate surface area is 183 Å². The van der Waals surface area contributed by atoms with Crippen LogP contribution in [0.3, 0.4) is 0 Å². The minimum Gasteiger partial charge on any atom is -0.337 e. The maximum absolute atomic E-state index is 13.2. The van der Waals surface area contributed by atoms with Crippen molar-refractivity contribution < 1.29 is 14.0 Å². The highest BCUT2D eigenvalue weighted by Crippen LogP contribution is 2.19. The number of halogens is 1. The predicted molar refractivity (Wildman–Crippen MR) is 120 cm³/mol. The van der Waals surface area contributed by atoms with E-state index in [1.165, 1.54) is 55.0 Å². The third-order valence-electron chi connectivity index (χ3n) is 5.32. The molecule has 0 fully saturated rings. The average molecular weight is 429 g/mol. The van der Waals surface area contributed by atoms with Crippen molar-refractivity contribution in [2.75, 3.05) is 5.32 Å². The normalized spacial score (nSPS) is 10.8. The summed E-state index contributed by atoms with van der Waals surface area (Å²) in [6, 6.07) is 12.1. The molecule has 0 radical (unpaired) electrons. The van der Waals surface area contributed by atoms with Crippen LogP contribution in [0.4, 0.5) is 10.1 Å². The summed E-state index contributed by atoms with van der Waals surface area (Å²) in [5.74, 6) is -1.22. The lowest BCUT2D eigenvalue weighted by molar-refractivity contribution is -0.116. The molecule has 1 N–H and O–H groups in total. The molecule has 4 aromatic rings. The topological polar surface area (TPSA) is 81.1 Å². The van der Waals surface area contributed by atoms with Gasteiger partial charge in [-0.2, -0.15) is 0 Å². The number of aromatic nitrogens is 2. The number of nitrogens with one attached hydrogen (secondary N) is 1. The summed E-state index contributed by atoms with van der Waals surface area (Å²) in [5.41, 5.74) is 2.79. The first-order valence-electron chi connectivity index (χ1n) is 9.98. The fourth-order valence-electron chi connectivity index (χ4n) is 3.49. The maximum atomic E-state index is 13.2. The molecule has 0 saturated heterocycles. The van der Waals surface area contributed by atoms with Crippen LogP contribution in [-0.2, 0) is 11.3 Å². The molecule has 2 aromatic carbocycles. The molecule has 1 amide bonds. The van der Waals surface area contributed by atoms with E-state index in [0.29, 0.717) is 22.2 Å². The van der Waals surface area contributed by atoms with Gasteiger partial charge in [0, 0.05) is 35.2 Å². The molecule has 4 rings (SSSR count). The van der Waals surface area contributed by atoms with Crippen LogP contribution in [0.25, 0.3) is 10.9 Å². The van der Waals surface area contributed by atoms with E-state index >= 15 is 0 Å². The third kappa shape index (κ3) is 4.18. The van der Waals surface area contributed by atoms with Gasteiger partial charge in [0.15, 0.2) is 5.78 Å². The highest BCUT2D eigenvalue weighted by molar-refractivity contribution is 6.10. The largest absolute Gasteiger partial charge is 0.337 e. The van der Waals surface area contributed by atoms with Gasteiger partial charge in [-0.25, -0.2) is 4.39 Å². The number of fused-ring (bicyclic) bond motifs is 1. The van der Waals surface area contributed by atoms with Crippen LogP contribution in [0.2, 0.25) is 0 Å². The Hall–Kier alpha value is -4.13. The lowest BCUT2D eigenvalue weighted by Gasteiger charge is -2.15. The summed E-state index contributed by atoms with van der Waals surface area (Å²) in [6.45, 7) is 3.67. The van der Waals surface area contributed by atoms with E-state index in [-0.39, 0.29) is 23.4 Å². The van der Waals surface area contributed by atoms with Gasteiger partial charge in [0.2, 0.25) is 11.3 Å². The number of pyridine rings is 2. The molecular formula is C25H20FN3O3. The van der Waals surface area contributed by atoms with Gasteiger partial charge in [-0.05, 0) is 73.5 Å². The number of hydrogen-bond donors (Lipinski definition) is 1. The molecule has 0 aliphatic heterocycles. The summed E-state index contributed by atoms with van der Waals surface area (Å²) >= 11 is 0. The molecule has 0 atom stereocenters. The highest BCUT2D eigenvalue weighted by atomic mass is 19.1. The van der Waals surface area contributed by atoms with Gasteiger partial charge in [-0.15, -0.1) is 0 Å². The molecule has 7 heteroatoms. The number of benzene rings is 2. The molecule has 0 bridgehead atoms. The Morgan fingerprint density at radius 2 is 1.66 bits per heavy atom. The number of nitrogens with zero attached hydrogens (tertiary/aromatic N) is 2. The zero-order valence-electron chi connectivity index (χ0n) is 17.6. The fraction of sp³-hybridized carbons (Fsp3) is 0.120. The van der Waals surface area contributed by atoms with Crippen molar-refractivity contribution >= 4 is 28.3 Å². The molecule has 0 unspecified atom stereocenters. The second kappa shape index (κ2) is 8.55. The second-order valence-electron chi connectivity index (χ2n) is 7.57. The summed E-state index contributed by atoms with van der Waals surface area (Å²) in [5, 5.41) is 3.07. The number of rotatable bonds is 5.